The number of aromatic nitrogens is 1. The Balaban J connectivity index is 1.38. The summed E-state index contributed by atoms with van der Waals surface area (Å²) < 4.78 is 2.14. The minimum atomic E-state index is 0.234. The largest absolute Gasteiger partial charge is 0.341 e. The number of hydrogen-bond acceptors (Lipinski definition) is 2. The van der Waals surface area contributed by atoms with Gasteiger partial charge >= 0.3 is 0 Å². The number of thioether (sulfide) groups is 1. The van der Waals surface area contributed by atoms with Crippen molar-refractivity contribution in [2.75, 3.05) is 13.1 Å². The predicted octanol–water partition coefficient (Wildman–Crippen LogP) is 6.35. The number of piperidine rings is 1. The van der Waals surface area contributed by atoms with E-state index in [1.807, 2.05) is 16.7 Å². The van der Waals surface area contributed by atoms with Crippen molar-refractivity contribution in [1.82, 2.24) is 9.47 Å². The molecule has 0 N–H and O–H groups in total. The molecule has 1 fully saturated rings. The van der Waals surface area contributed by atoms with Gasteiger partial charge in [0.2, 0.25) is 5.91 Å². The third-order valence-corrected chi connectivity index (χ3v) is 7.55. The van der Waals surface area contributed by atoms with E-state index in [0.29, 0.717) is 6.54 Å². The van der Waals surface area contributed by atoms with E-state index in [-0.39, 0.29) is 5.91 Å². The molecular formula is C27H28N2OS. The van der Waals surface area contributed by atoms with Gasteiger partial charge in [-0.1, -0.05) is 67.6 Å². The Hall–Kier alpha value is -2.72. The van der Waals surface area contributed by atoms with Crippen LogP contribution in [0.15, 0.2) is 77.8 Å². The van der Waals surface area contributed by atoms with E-state index in [1.54, 1.807) is 0 Å². The maximum atomic E-state index is 13.0. The van der Waals surface area contributed by atoms with Crippen LogP contribution in [0.25, 0.3) is 21.7 Å². The summed E-state index contributed by atoms with van der Waals surface area (Å²) in [7, 11) is 0. The van der Waals surface area contributed by atoms with Gasteiger partial charge < -0.3 is 9.47 Å². The summed E-state index contributed by atoms with van der Waals surface area (Å²) in [5.41, 5.74) is 2.49. The third kappa shape index (κ3) is 4.22. The van der Waals surface area contributed by atoms with E-state index < -0.39 is 0 Å². The number of hydrogen-bond donors (Lipinski definition) is 0. The highest BCUT2D eigenvalue weighted by atomic mass is 32.2. The SMILES string of the molecule is CC1CCN(C(=O)Cn2cc(SCc3cccc4ccccc34)c3ccccc32)CC1. The van der Waals surface area contributed by atoms with Crippen LogP contribution in [0.5, 0.6) is 0 Å². The third-order valence-electron chi connectivity index (χ3n) is 6.46. The first-order valence-electron chi connectivity index (χ1n) is 11.1. The molecule has 4 heteroatoms. The van der Waals surface area contributed by atoms with Gasteiger partial charge in [0.15, 0.2) is 0 Å². The summed E-state index contributed by atoms with van der Waals surface area (Å²) >= 11 is 1.86. The number of carbonyl (C=O) groups excluding carboxylic acids is 1. The maximum absolute atomic E-state index is 13.0. The normalized spacial score (nSPS) is 15.1. The molecule has 1 aliphatic heterocycles. The lowest BCUT2D eigenvalue weighted by Crippen LogP contribution is -2.39. The molecule has 3 aromatic carbocycles. The number of para-hydroxylation sites is 1. The number of likely N-dealkylation sites (tertiary alicyclic amines) is 1. The molecule has 0 bridgehead atoms. The number of benzene rings is 3. The standard InChI is InChI=1S/C27H28N2OS/c1-20-13-15-28(16-14-20)27(30)18-29-17-26(24-11-4-5-12-25(24)29)31-19-22-9-6-8-21-7-2-3-10-23(21)22/h2-12,17,20H,13-16,18-19H2,1H3. The van der Waals surface area contributed by atoms with Crippen molar-refractivity contribution in [2.45, 2.75) is 37.0 Å². The van der Waals surface area contributed by atoms with Crippen molar-refractivity contribution in [3.63, 3.8) is 0 Å². The highest BCUT2D eigenvalue weighted by molar-refractivity contribution is 7.98. The molecule has 4 aromatic rings. The van der Waals surface area contributed by atoms with E-state index >= 15 is 0 Å². The van der Waals surface area contributed by atoms with Crippen LogP contribution in [0.4, 0.5) is 0 Å². The summed E-state index contributed by atoms with van der Waals surface area (Å²) in [6, 6.07) is 23.5. The lowest BCUT2D eigenvalue weighted by molar-refractivity contribution is -0.133. The molecular weight excluding hydrogens is 400 g/mol. The van der Waals surface area contributed by atoms with Crippen molar-refractivity contribution < 1.29 is 4.79 Å². The van der Waals surface area contributed by atoms with Crippen LogP contribution in [0.3, 0.4) is 0 Å². The second kappa shape index (κ2) is 8.80. The maximum Gasteiger partial charge on any atom is 0.242 e. The van der Waals surface area contributed by atoms with Crippen LogP contribution in [0.1, 0.15) is 25.3 Å². The molecule has 0 saturated carbocycles. The van der Waals surface area contributed by atoms with Gasteiger partial charge in [-0.3, -0.25) is 4.79 Å². The average Bonchev–Trinajstić information content (AvgIpc) is 3.15. The van der Waals surface area contributed by atoms with Crippen LogP contribution < -0.4 is 0 Å². The van der Waals surface area contributed by atoms with Crippen molar-refractivity contribution >= 4 is 39.3 Å². The molecule has 1 aliphatic rings. The van der Waals surface area contributed by atoms with Crippen LogP contribution in [-0.2, 0) is 17.1 Å². The van der Waals surface area contributed by atoms with Gasteiger partial charge in [-0.25, -0.2) is 0 Å². The van der Waals surface area contributed by atoms with E-state index in [2.05, 4.69) is 84.4 Å². The second-order valence-corrected chi connectivity index (χ2v) is 9.65. The predicted molar refractivity (Wildman–Crippen MR) is 130 cm³/mol. The number of carbonyl (C=O) groups is 1. The zero-order chi connectivity index (χ0) is 21.2. The first-order valence-corrected chi connectivity index (χ1v) is 12.1. The second-order valence-electron chi connectivity index (χ2n) is 8.63. The van der Waals surface area contributed by atoms with Crippen LogP contribution in [0.2, 0.25) is 0 Å². The van der Waals surface area contributed by atoms with Gasteiger partial charge in [-0.15, -0.1) is 11.8 Å². The number of fused-ring (bicyclic) bond motifs is 2. The molecule has 0 atom stereocenters. The van der Waals surface area contributed by atoms with Crippen molar-refractivity contribution in [3.05, 3.63) is 78.5 Å². The Bertz CT molecular complexity index is 1220. The number of rotatable bonds is 5. The zero-order valence-corrected chi connectivity index (χ0v) is 18.8. The van der Waals surface area contributed by atoms with Gasteiger partial charge in [-0.05, 0) is 41.2 Å². The molecule has 1 amide bonds. The first-order chi connectivity index (χ1) is 15.2. The molecule has 0 spiro atoms. The molecule has 0 unspecified atom stereocenters. The highest BCUT2D eigenvalue weighted by Crippen LogP contribution is 2.34. The van der Waals surface area contributed by atoms with E-state index in [1.165, 1.54) is 26.6 Å². The minimum absolute atomic E-state index is 0.234. The van der Waals surface area contributed by atoms with Crippen LogP contribution in [0, 0.1) is 5.92 Å². The lowest BCUT2D eigenvalue weighted by atomic mass is 9.99. The monoisotopic (exact) mass is 428 g/mol. The van der Waals surface area contributed by atoms with Crippen molar-refractivity contribution in [1.29, 1.82) is 0 Å². The van der Waals surface area contributed by atoms with Gasteiger partial charge in [0.1, 0.15) is 6.54 Å². The summed E-state index contributed by atoms with van der Waals surface area (Å²) in [4.78, 5) is 16.2. The molecule has 1 aromatic heterocycles. The molecule has 158 valence electrons. The first kappa shape index (κ1) is 20.2. The van der Waals surface area contributed by atoms with Gasteiger partial charge in [0.25, 0.3) is 0 Å². The molecule has 1 saturated heterocycles. The molecule has 3 nitrogen and oxygen atoms in total. The fraction of sp³-hybridized carbons (Fsp3) is 0.296. The number of amides is 1. The molecule has 5 rings (SSSR count). The van der Waals surface area contributed by atoms with Gasteiger partial charge in [0, 0.05) is 40.8 Å². The summed E-state index contributed by atoms with van der Waals surface area (Å²) in [5.74, 6) is 1.87. The summed E-state index contributed by atoms with van der Waals surface area (Å²) in [6.45, 7) is 4.48. The van der Waals surface area contributed by atoms with E-state index in [9.17, 15) is 4.79 Å². The molecule has 0 aliphatic carbocycles. The Labute approximate surface area is 188 Å². The van der Waals surface area contributed by atoms with E-state index in [0.717, 1.165) is 43.1 Å². The lowest BCUT2D eigenvalue weighted by Gasteiger charge is -2.30. The topological polar surface area (TPSA) is 25.2 Å². The Morgan fingerprint density at radius 1 is 0.935 bits per heavy atom. The number of nitrogens with zero attached hydrogens (tertiary/aromatic N) is 2. The Kier molecular flexibility index (Phi) is 5.73. The average molecular weight is 429 g/mol. The molecule has 0 radical (unpaired) electrons. The van der Waals surface area contributed by atoms with Crippen molar-refractivity contribution in [3.8, 4) is 0 Å². The minimum Gasteiger partial charge on any atom is -0.341 e. The van der Waals surface area contributed by atoms with E-state index in [4.69, 9.17) is 0 Å². The highest BCUT2D eigenvalue weighted by Gasteiger charge is 2.21. The Morgan fingerprint density at radius 3 is 2.48 bits per heavy atom. The summed E-state index contributed by atoms with van der Waals surface area (Å²) in [5, 5.41) is 3.83. The fourth-order valence-corrected chi connectivity index (χ4v) is 5.63. The summed E-state index contributed by atoms with van der Waals surface area (Å²) in [6.07, 6.45) is 4.40. The quantitative estimate of drug-likeness (QED) is 0.346. The van der Waals surface area contributed by atoms with Gasteiger partial charge in [0.05, 0.1) is 0 Å². The Morgan fingerprint density at radius 2 is 1.65 bits per heavy atom. The van der Waals surface area contributed by atoms with Gasteiger partial charge in [-0.2, -0.15) is 0 Å². The fourth-order valence-electron chi connectivity index (χ4n) is 4.54. The molecule has 2 heterocycles. The van der Waals surface area contributed by atoms with Crippen LogP contribution in [-0.4, -0.2) is 28.5 Å². The van der Waals surface area contributed by atoms with Crippen LogP contribution >= 0.6 is 11.8 Å². The van der Waals surface area contributed by atoms with Crippen molar-refractivity contribution in [2.24, 2.45) is 5.92 Å². The molecule has 31 heavy (non-hydrogen) atoms. The smallest absolute Gasteiger partial charge is 0.242 e. The zero-order valence-electron chi connectivity index (χ0n) is 18.0.